The molecule has 82 valence electrons. The van der Waals surface area contributed by atoms with Gasteiger partial charge in [-0.05, 0) is 18.6 Å². The van der Waals surface area contributed by atoms with Gasteiger partial charge in [-0.3, -0.25) is 4.68 Å². The van der Waals surface area contributed by atoms with Gasteiger partial charge in [-0.25, -0.2) is 4.98 Å². The van der Waals surface area contributed by atoms with Gasteiger partial charge in [-0.1, -0.05) is 13.8 Å². The van der Waals surface area contributed by atoms with Crippen molar-refractivity contribution in [2.45, 2.75) is 20.8 Å². The topological polar surface area (TPSA) is 30.7 Å². The average molecular weight is 205 g/mol. The van der Waals surface area contributed by atoms with E-state index in [0.29, 0.717) is 0 Å². The van der Waals surface area contributed by atoms with E-state index < -0.39 is 0 Å². The zero-order valence-electron chi connectivity index (χ0n) is 9.99. The summed E-state index contributed by atoms with van der Waals surface area (Å²) in [6.07, 6.45) is 3.68. The van der Waals surface area contributed by atoms with Crippen LogP contribution in [0.2, 0.25) is 0 Å². The van der Waals surface area contributed by atoms with E-state index in [9.17, 15) is 0 Å². The van der Waals surface area contributed by atoms with E-state index in [1.54, 1.807) is 4.68 Å². The summed E-state index contributed by atoms with van der Waals surface area (Å²) in [4.78, 5) is 4.24. The highest BCUT2D eigenvalue weighted by molar-refractivity contribution is 5.74. The first-order valence-corrected chi connectivity index (χ1v) is 5.02. The van der Waals surface area contributed by atoms with E-state index >= 15 is 0 Å². The zero-order chi connectivity index (χ0) is 11.8. The molecule has 0 radical (unpaired) electrons. The van der Waals surface area contributed by atoms with Gasteiger partial charge in [0, 0.05) is 18.6 Å². The monoisotopic (exact) mass is 205 g/mol. The van der Waals surface area contributed by atoms with Gasteiger partial charge >= 0.3 is 0 Å². The van der Waals surface area contributed by atoms with Crippen molar-refractivity contribution in [3.8, 4) is 0 Å². The highest BCUT2D eigenvalue weighted by Crippen LogP contribution is 2.10. The second kappa shape index (κ2) is 6.76. The number of rotatable bonds is 0. The van der Waals surface area contributed by atoms with Gasteiger partial charge in [0.25, 0.3) is 0 Å². The second-order valence-electron chi connectivity index (χ2n) is 2.69. The van der Waals surface area contributed by atoms with Crippen LogP contribution in [0.5, 0.6) is 0 Å². The maximum absolute atomic E-state index is 4.24. The molecular weight excluding hydrogens is 186 g/mol. The van der Waals surface area contributed by atoms with Crippen LogP contribution in [-0.2, 0) is 7.05 Å². The fourth-order valence-corrected chi connectivity index (χ4v) is 1.15. The zero-order valence-corrected chi connectivity index (χ0v) is 9.99. The van der Waals surface area contributed by atoms with Crippen molar-refractivity contribution in [1.29, 1.82) is 0 Å². The molecule has 2 aromatic rings. The minimum absolute atomic E-state index is 0.940. The van der Waals surface area contributed by atoms with Gasteiger partial charge in [0.05, 0.1) is 6.20 Å². The minimum atomic E-state index is 0.940. The van der Waals surface area contributed by atoms with E-state index in [2.05, 4.69) is 29.3 Å². The molecule has 0 aromatic carbocycles. The van der Waals surface area contributed by atoms with Crippen LogP contribution in [0, 0.1) is 6.92 Å². The standard InChI is InChI=1S/C8H9N3.C2H6.C2H4/c1-6-3-7-5-10-11(2)8(7)9-4-6;2*1-2/h3-5H,1-2H3;1-2H3;1-2H2. The van der Waals surface area contributed by atoms with Crippen LogP contribution in [0.3, 0.4) is 0 Å². The molecule has 0 saturated carbocycles. The number of hydrogen-bond acceptors (Lipinski definition) is 2. The SMILES string of the molecule is C=C.CC.Cc1cnc2c(cnn2C)c1. The third-order valence-corrected chi connectivity index (χ3v) is 1.71. The normalized spacial score (nSPS) is 8.53. The van der Waals surface area contributed by atoms with Gasteiger partial charge in [-0.15, -0.1) is 13.2 Å². The Morgan fingerprint density at radius 1 is 1.20 bits per heavy atom. The lowest BCUT2D eigenvalue weighted by molar-refractivity contribution is 0.786. The van der Waals surface area contributed by atoms with Gasteiger partial charge in [0.15, 0.2) is 5.65 Å². The molecule has 3 nitrogen and oxygen atoms in total. The van der Waals surface area contributed by atoms with Crippen molar-refractivity contribution in [1.82, 2.24) is 14.8 Å². The Bertz CT molecular complexity index is 404. The number of aryl methyl sites for hydroxylation is 2. The van der Waals surface area contributed by atoms with Crippen LogP contribution in [-0.4, -0.2) is 14.8 Å². The summed E-state index contributed by atoms with van der Waals surface area (Å²) >= 11 is 0. The minimum Gasteiger partial charge on any atom is -0.250 e. The third-order valence-electron chi connectivity index (χ3n) is 1.71. The number of pyridine rings is 1. The van der Waals surface area contributed by atoms with Gasteiger partial charge in [0.2, 0.25) is 0 Å². The summed E-state index contributed by atoms with van der Waals surface area (Å²) in [5.41, 5.74) is 2.11. The molecule has 2 heterocycles. The highest BCUT2D eigenvalue weighted by atomic mass is 15.3. The molecule has 0 fully saturated rings. The molecule has 0 amide bonds. The fraction of sp³-hybridized carbons (Fsp3) is 0.333. The summed E-state index contributed by atoms with van der Waals surface area (Å²) < 4.78 is 1.77. The summed E-state index contributed by atoms with van der Waals surface area (Å²) in [7, 11) is 1.89. The van der Waals surface area contributed by atoms with Crippen LogP contribution < -0.4 is 0 Å². The Balaban J connectivity index is 0.000000442. The Hall–Kier alpha value is -1.64. The van der Waals surface area contributed by atoms with E-state index in [0.717, 1.165) is 11.0 Å². The van der Waals surface area contributed by atoms with Crippen molar-refractivity contribution < 1.29 is 0 Å². The molecule has 0 unspecified atom stereocenters. The molecule has 0 bridgehead atoms. The Kier molecular flexibility index (Phi) is 6.02. The maximum Gasteiger partial charge on any atom is 0.157 e. The van der Waals surface area contributed by atoms with Gasteiger partial charge < -0.3 is 0 Å². The molecule has 0 atom stereocenters. The van der Waals surface area contributed by atoms with Crippen LogP contribution >= 0.6 is 0 Å². The van der Waals surface area contributed by atoms with E-state index in [1.807, 2.05) is 40.2 Å². The molecule has 0 aliphatic carbocycles. The highest BCUT2D eigenvalue weighted by Gasteiger charge is 1.98. The molecular formula is C12H19N3. The van der Waals surface area contributed by atoms with E-state index in [4.69, 9.17) is 0 Å². The molecule has 2 aromatic heterocycles. The van der Waals surface area contributed by atoms with Crippen LogP contribution in [0.15, 0.2) is 31.6 Å². The van der Waals surface area contributed by atoms with E-state index in [1.165, 1.54) is 5.56 Å². The lowest BCUT2D eigenvalue weighted by atomic mass is 10.3. The van der Waals surface area contributed by atoms with Crippen LogP contribution in [0.25, 0.3) is 11.0 Å². The van der Waals surface area contributed by atoms with Gasteiger partial charge in [-0.2, -0.15) is 5.10 Å². The molecule has 0 spiro atoms. The predicted molar refractivity (Wildman–Crippen MR) is 65.8 cm³/mol. The number of fused-ring (bicyclic) bond motifs is 1. The fourth-order valence-electron chi connectivity index (χ4n) is 1.15. The second-order valence-corrected chi connectivity index (χ2v) is 2.69. The first-order valence-electron chi connectivity index (χ1n) is 5.02. The average Bonchev–Trinajstić information content (AvgIpc) is 2.65. The number of aromatic nitrogens is 3. The molecule has 0 aliphatic heterocycles. The number of hydrogen-bond donors (Lipinski definition) is 0. The molecule has 15 heavy (non-hydrogen) atoms. The smallest absolute Gasteiger partial charge is 0.157 e. The predicted octanol–water partition coefficient (Wildman–Crippen LogP) is 3.11. The molecule has 3 heteroatoms. The van der Waals surface area contributed by atoms with Crippen molar-refractivity contribution >= 4 is 11.0 Å². The maximum atomic E-state index is 4.24. The summed E-state index contributed by atoms with van der Waals surface area (Å²) in [5.74, 6) is 0. The third kappa shape index (κ3) is 3.20. The van der Waals surface area contributed by atoms with E-state index in [-0.39, 0.29) is 0 Å². The summed E-state index contributed by atoms with van der Waals surface area (Å²) in [5, 5.41) is 5.20. The Morgan fingerprint density at radius 3 is 2.40 bits per heavy atom. The molecule has 0 N–H and O–H groups in total. The molecule has 0 saturated heterocycles. The van der Waals surface area contributed by atoms with Crippen molar-refractivity contribution in [3.05, 3.63) is 37.2 Å². The van der Waals surface area contributed by atoms with Crippen LogP contribution in [0.1, 0.15) is 19.4 Å². The van der Waals surface area contributed by atoms with Crippen molar-refractivity contribution in [3.63, 3.8) is 0 Å². The summed E-state index contributed by atoms with van der Waals surface area (Å²) in [6.45, 7) is 12.0. The quantitative estimate of drug-likeness (QED) is 0.619. The lowest BCUT2D eigenvalue weighted by Gasteiger charge is -1.92. The number of nitrogens with zero attached hydrogens (tertiary/aromatic N) is 3. The Morgan fingerprint density at radius 2 is 1.80 bits per heavy atom. The van der Waals surface area contributed by atoms with Crippen molar-refractivity contribution in [2.75, 3.05) is 0 Å². The largest absolute Gasteiger partial charge is 0.250 e. The first-order chi connectivity index (χ1) is 7.27. The Labute approximate surface area is 91.5 Å². The molecule has 0 aliphatic rings. The van der Waals surface area contributed by atoms with Crippen molar-refractivity contribution in [2.24, 2.45) is 7.05 Å². The molecule has 2 rings (SSSR count). The summed E-state index contributed by atoms with van der Waals surface area (Å²) in [6, 6.07) is 2.08. The van der Waals surface area contributed by atoms with Crippen LogP contribution in [0.4, 0.5) is 0 Å². The van der Waals surface area contributed by atoms with Gasteiger partial charge in [0.1, 0.15) is 0 Å². The lowest BCUT2D eigenvalue weighted by Crippen LogP contribution is -1.90. The first kappa shape index (κ1) is 13.4.